The van der Waals surface area contributed by atoms with Crippen LogP contribution < -0.4 is 5.32 Å². The summed E-state index contributed by atoms with van der Waals surface area (Å²) < 4.78 is 5.83. The molecule has 1 aromatic rings. The molecule has 2 saturated carbocycles. The molecule has 0 aliphatic heterocycles. The predicted molar refractivity (Wildman–Crippen MR) is 87.8 cm³/mol. The topological polar surface area (TPSA) is 51.2 Å². The molecule has 1 amide bonds. The van der Waals surface area contributed by atoms with E-state index in [2.05, 4.69) is 22.6 Å². The predicted octanol–water partition coefficient (Wildman–Crippen LogP) is 3.61. The smallest absolute Gasteiger partial charge is 0.246 e. The molecular formula is C17H26N2O2S. The van der Waals surface area contributed by atoms with Crippen molar-refractivity contribution < 1.29 is 9.53 Å². The Hall–Kier alpha value is -0.940. The third kappa shape index (κ3) is 4.29. The van der Waals surface area contributed by atoms with Crippen LogP contribution in [-0.2, 0) is 9.53 Å². The van der Waals surface area contributed by atoms with Crippen molar-refractivity contribution in [1.82, 2.24) is 10.3 Å². The van der Waals surface area contributed by atoms with Crippen LogP contribution >= 0.6 is 11.3 Å². The lowest BCUT2D eigenvalue weighted by atomic mass is 9.89. The molecule has 3 atom stereocenters. The molecular weight excluding hydrogens is 296 g/mol. The van der Waals surface area contributed by atoms with Crippen molar-refractivity contribution in [3.05, 3.63) is 16.1 Å². The molecule has 22 heavy (non-hydrogen) atoms. The molecule has 0 unspecified atom stereocenters. The summed E-state index contributed by atoms with van der Waals surface area (Å²) >= 11 is 1.65. The highest BCUT2D eigenvalue weighted by atomic mass is 32.1. The molecule has 1 N–H and O–H groups in total. The van der Waals surface area contributed by atoms with E-state index in [-0.39, 0.29) is 24.7 Å². The Kier molecular flexibility index (Phi) is 5.14. The van der Waals surface area contributed by atoms with Crippen molar-refractivity contribution >= 4 is 17.2 Å². The second-order valence-corrected chi connectivity index (χ2v) is 7.80. The van der Waals surface area contributed by atoms with E-state index in [1.54, 1.807) is 11.3 Å². The van der Waals surface area contributed by atoms with Crippen LogP contribution in [0.3, 0.4) is 0 Å². The molecule has 0 saturated heterocycles. The fraction of sp³-hybridized carbons (Fsp3) is 0.765. The summed E-state index contributed by atoms with van der Waals surface area (Å²) in [6.45, 7) is 4.45. The largest absolute Gasteiger partial charge is 0.368 e. The highest BCUT2D eigenvalue weighted by molar-refractivity contribution is 7.09. The lowest BCUT2D eigenvalue weighted by Gasteiger charge is -2.26. The maximum Gasteiger partial charge on any atom is 0.246 e. The lowest BCUT2D eigenvalue weighted by molar-refractivity contribution is -0.129. The van der Waals surface area contributed by atoms with Gasteiger partial charge in [-0.2, -0.15) is 0 Å². The van der Waals surface area contributed by atoms with Gasteiger partial charge in [0.1, 0.15) is 11.6 Å². The summed E-state index contributed by atoms with van der Waals surface area (Å²) in [4.78, 5) is 16.8. The molecule has 5 heteroatoms. The van der Waals surface area contributed by atoms with Crippen molar-refractivity contribution in [2.24, 2.45) is 11.8 Å². The molecule has 3 rings (SSSR count). The summed E-state index contributed by atoms with van der Waals surface area (Å²) in [6.07, 6.45) is 7.32. The first-order valence-electron chi connectivity index (χ1n) is 8.45. The first-order valence-corrected chi connectivity index (χ1v) is 9.32. The number of aryl methyl sites for hydroxylation is 1. The number of aromatic nitrogens is 1. The Bertz CT molecular complexity index is 513. The van der Waals surface area contributed by atoms with E-state index in [1.807, 2.05) is 6.92 Å². The number of hydrogen-bond donors (Lipinski definition) is 1. The average molecular weight is 322 g/mol. The zero-order chi connectivity index (χ0) is 15.5. The number of nitrogens with zero attached hydrogens (tertiary/aromatic N) is 1. The molecule has 0 spiro atoms. The minimum absolute atomic E-state index is 0.00276. The number of ether oxygens (including phenoxy) is 1. The fourth-order valence-corrected chi connectivity index (χ4v) is 4.20. The van der Waals surface area contributed by atoms with Crippen LogP contribution in [0.5, 0.6) is 0 Å². The number of nitrogens with one attached hydrogen (secondary N) is 1. The second kappa shape index (κ2) is 7.09. The van der Waals surface area contributed by atoms with Gasteiger partial charge in [0.05, 0.1) is 12.1 Å². The van der Waals surface area contributed by atoms with Gasteiger partial charge < -0.3 is 10.1 Å². The van der Waals surface area contributed by atoms with Gasteiger partial charge in [0, 0.05) is 11.1 Å². The van der Waals surface area contributed by atoms with E-state index in [9.17, 15) is 4.79 Å². The molecule has 1 aromatic heterocycles. The Labute approximate surface area is 136 Å². The number of rotatable bonds is 6. The SMILES string of the molecule is Cc1csc([C@H](NC(=O)CO[C@H]2CCC[C@H](C)C2)C2CC2)n1. The van der Waals surface area contributed by atoms with Crippen molar-refractivity contribution in [1.29, 1.82) is 0 Å². The van der Waals surface area contributed by atoms with E-state index in [4.69, 9.17) is 4.74 Å². The molecule has 2 aliphatic carbocycles. The molecule has 122 valence electrons. The third-order valence-electron chi connectivity index (χ3n) is 4.65. The Morgan fingerprint density at radius 1 is 1.45 bits per heavy atom. The van der Waals surface area contributed by atoms with Crippen molar-refractivity contribution in [3.63, 3.8) is 0 Å². The maximum atomic E-state index is 12.2. The van der Waals surface area contributed by atoms with Gasteiger partial charge in [0.25, 0.3) is 0 Å². The third-order valence-corrected chi connectivity index (χ3v) is 5.70. The summed E-state index contributed by atoms with van der Waals surface area (Å²) in [6, 6.07) is 0.0834. The Morgan fingerprint density at radius 3 is 2.91 bits per heavy atom. The van der Waals surface area contributed by atoms with Gasteiger partial charge in [0.15, 0.2) is 0 Å². The first kappa shape index (κ1) is 15.9. The van der Waals surface area contributed by atoms with Crippen LogP contribution in [0.2, 0.25) is 0 Å². The molecule has 2 aliphatic rings. The van der Waals surface area contributed by atoms with Gasteiger partial charge in [-0.1, -0.05) is 19.8 Å². The van der Waals surface area contributed by atoms with Gasteiger partial charge in [-0.05, 0) is 44.4 Å². The molecule has 4 nitrogen and oxygen atoms in total. The standard InChI is InChI=1S/C17H26N2O2S/c1-11-4-3-5-14(8-11)21-9-15(20)19-16(13-6-7-13)17-18-12(2)10-22-17/h10-11,13-14,16H,3-9H2,1-2H3,(H,19,20)/t11-,14-,16+/m0/s1. The van der Waals surface area contributed by atoms with Crippen molar-refractivity contribution in [3.8, 4) is 0 Å². The highest BCUT2D eigenvalue weighted by Crippen LogP contribution is 2.41. The number of thiazole rings is 1. The number of carbonyl (C=O) groups is 1. The van der Waals surface area contributed by atoms with Crippen LogP contribution in [0.4, 0.5) is 0 Å². The fourth-order valence-electron chi connectivity index (χ4n) is 3.26. The van der Waals surface area contributed by atoms with Gasteiger partial charge >= 0.3 is 0 Å². The summed E-state index contributed by atoms with van der Waals surface area (Å²) in [5, 5.41) is 6.24. The maximum absolute atomic E-state index is 12.2. The van der Waals surface area contributed by atoms with Gasteiger partial charge in [-0.15, -0.1) is 11.3 Å². The van der Waals surface area contributed by atoms with Gasteiger partial charge in [-0.3, -0.25) is 4.79 Å². The highest BCUT2D eigenvalue weighted by Gasteiger charge is 2.35. The zero-order valence-corrected chi connectivity index (χ0v) is 14.3. The quantitative estimate of drug-likeness (QED) is 0.870. The minimum Gasteiger partial charge on any atom is -0.368 e. The van der Waals surface area contributed by atoms with Gasteiger partial charge in [0.2, 0.25) is 5.91 Å². The molecule has 2 fully saturated rings. The monoisotopic (exact) mass is 322 g/mol. The summed E-state index contributed by atoms with van der Waals surface area (Å²) in [5.74, 6) is 1.28. The number of carbonyl (C=O) groups excluding carboxylic acids is 1. The van der Waals surface area contributed by atoms with E-state index < -0.39 is 0 Å². The van der Waals surface area contributed by atoms with Crippen molar-refractivity contribution in [2.75, 3.05) is 6.61 Å². The second-order valence-electron chi connectivity index (χ2n) is 6.91. The van der Waals surface area contributed by atoms with E-state index in [0.29, 0.717) is 5.92 Å². The average Bonchev–Trinajstić information content (AvgIpc) is 3.24. The van der Waals surface area contributed by atoms with Gasteiger partial charge in [-0.25, -0.2) is 4.98 Å². The minimum atomic E-state index is 0.00276. The first-order chi connectivity index (χ1) is 10.6. The molecule has 1 heterocycles. The molecule has 0 aromatic carbocycles. The van der Waals surface area contributed by atoms with Crippen LogP contribution in [0, 0.1) is 18.8 Å². The number of hydrogen-bond acceptors (Lipinski definition) is 4. The Balaban J connectivity index is 1.49. The van der Waals surface area contributed by atoms with Crippen LogP contribution in [0.15, 0.2) is 5.38 Å². The zero-order valence-electron chi connectivity index (χ0n) is 13.5. The van der Waals surface area contributed by atoms with E-state index in [0.717, 1.165) is 29.5 Å². The van der Waals surface area contributed by atoms with E-state index in [1.165, 1.54) is 25.7 Å². The molecule has 0 bridgehead atoms. The summed E-state index contributed by atoms with van der Waals surface area (Å²) in [7, 11) is 0. The Morgan fingerprint density at radius 2 is 2.27 bits per heavy atom. The normalized spacial score (nSPS) is 26.6. The van der Waals surface area contributed by atoms with Crippen LogP contribution in [-0.4, -0.2) is 23.6 Å². The van der Waals surface area contributed by atoms with Crippen molar-refractivity contribution in [2.45, 2.75) is 64.5 Å². The lowest BCUT2D eigenvalue weighted by Crippen LogP contribution is -2.34. The number of amides is 1. The molecule has 0 radical (unpaired) electrons. The van der Waals surface area contributed by atoms with E-state index >= 15 is 0 Å². The van der Waals surface area contributed by atoms with Crippen LogP contribution in [0.1, 0.15) is 62.2 Å². The van der Waals surface area contributed by atoms with Crippen LogP contribution in [0.25, 0.3) is 0 Å². The summed E-state index contributed by atoms with van der Waals surface area (Å²) in [5.41, 5.74) is 1.03.